The van der Waals surface area contributed by atoms with Crippen molar-refractivity contribution in [3.63, 3.8) is 0 Å². The summed E-state index contributed by atoms with van der Waals surface area (Å²) in [7, 11) is 0. The van der Waals surface area contributed by atoms with E-state index in [0.29, 0.717) is 6.42 Å². The van der Waals surface area contributed by atoms with Gasteiger partial charge in [0, 0.05) is 19.8 Å². The van der Waals surface area contributed by atoms with E-state index in [9.17, 15) is 0 Å². The predicted octanol–water partition coefficient (Wildman–Crippen LogP) is 0.776. The van der Waals surface area contributed by atoms with Crippen molar-refractivity contribution < 1.29 is 15.3 Å². The van der Waals surface area contributed by atoms with E-state index in [-0.39, 0.29) is 31.7 Å². The van der Waals surface area contributed by atoms with Gasteiger partial charge in [0.05, 0.1) is 0 Å². The zero-order chi connectivity index (χ0) is 10.1. The lowest BCUT2D eigenvalue weighted by Crippen LogP contribution is -2.23. The van der Waals surface area contributed by atoms with Gasteiger partial charge >= 0.3 is 0 Å². The fraction of sp³-hybridized carbons (Fsp3) is 1.00. The van der Waals surface area contributed by atoms with Crippen molar-refractivity contribution in [1.29, 1.82) is 0 Å². The van der Waals surface area contributed by atoms with Crippen molar-refractivity contribution in [2.24, 2.45) is 11.8 Å². The molecular weight excluding hydrogens is 168 g/mol. The van der Waals surface area contributed by atoms with Crippen molar-refractivity contribution in [2.45, 2.75) is 32.6 Å². The summed E-state index contributed by atoms with van der Waals surface area (Å²) in [6.07, 6.45) is 3.71. The first kappa shape index (κ1) is 12.9. The van der Waals surface area contributed by atoms with Crippen molar-refractivity contribution >= 4 is 0 Å². The van der Waals surface area contributed by atoms with Gasteiger partial charge in [-0.05, 0) is 24.7 Å². The predicted molar refractivity (Wildman–Crippen MR) is 52.4 cm³/mol. The molecule has 0 amide bonds. The quantitative estimate of drug-likeness (QED) is 0.530. The fourth-order valence-corrected chi connectivity index (χ4v) is 1.58. The lowest BCUT2D eigenvalue weighted by atomic mass is 9.87. The number of hydrogen-bond donors (Lipinski definition) is 3. The second-order valence-electron chi connectivity index (χ2n) is 3.54. The maximum absolute atomic E-state index is 9.09. The maximum atomic E-state index is 9.09. The molecule has 0 radical (unpaired) electrons. The Morgan fingerprint density at radius 1 is 0.923 bits per heavy atom. The van der Waals surface area contributed by atoms with Crippen LogP contribution in [-0.2, 0) is 0 Å². The van der Waals surface area contributed by atoms with Crippen LogP contribution in [0.25, 0.3) is 0 Å². The Balaban J connectivity index is 3.84. The standard InChI is InChI=1S/C10H22O3/c1-2-3-4-9(7-12)10(8-13)5-6-11/h9-13H,2-8H2,1H3. The molecule has 0 aromatic heterocycles. The van der Waals surface area contributed by atoms with Crippen molar-refractivity contribution in [3.8, 4) is 0 Å². The molecule has 0 fully saturated rings. The molecule has 0 saturated carbocycles. The average Bonchev–Trinajstić information content (AvgIpc) is 2.17. The average molecular weight is 190 g/mol. The highest BCUT2D eigenvalue weighted by atomic mass is 16.3. The Kier molecular flexibility index (Phi) is 8.40. The van der Waals surface area contributed by atoms with Crippen LogP contribution in [0.4, 0.5) is 0 Å². The molecule has 0 aromatic rings. The van der Waals surface area contributed by atoms with Crippen LogP contribution in [0.15, 0.2) is 0 Å². The molecule has 2 unspecified atom stereocenters. The molecule has 0 aliphatic carbocycles. The number of aliphatic hydroxyl groups is 3. The third-order valence-electron chi connectivity index (χ3n) is 2.56. The largest absolute Gasteiger partial charge is 0.396 e. The molecule has 2 atom stereocenters. The maximum Gasteiger partial charge on any atom is 0.0463 e. The Labute approximate surface area is 80.4 Å². The zero-order valence-electron chi connectivity index (χ0n) is 8.45. The summed E-state index contributed by atoms with van der Waals surface area (Å²) in [4.78, 5) is 0. The summed E-state index contributed by atoms with van der Waals surface area (Å²) >= 11 is 0. The third kappa shape index (κ3) is 5.24. The van der Waals surface area contributed by atoms with E-state index in [4.69, 9.17) is 15.3 Å². The SMILES string of the molecule is CCCCC(CO)C(CO)CCO. The van der Waals surface area contributed by atoms with Gasteiger partial charge in [-0.3, -0.25) is 0 Å². The summed E-state index contributed by atoms with van der Waals surface area (Å²) in [6.45, 7) is 2.38. The molecule has 0 saturated heterocycles. The van der Waals surface area contributed by atoms with Crippen LogP contribution in [0, 0.1) is 11.8 Å². The highest BCUT2D eigenvalue weighted by Gasteiger charge is 2.18. The molecular formula is C10H22O3. The highest BCUT2D eigenvalue weighted by Crippen LogP contribution is 2.20. The van der Waals surface area contributed by atoms with Crippen LogP contribution in [0.5, 0.6) is 0 Å². The van der Waals surface area contributed by atoms with Crippen LogP contribution in [0.1, 0.15) is 32.6 Å². The van der Waals surface area contributed by atoms with E-state index in [1.54, 1.807) is 0 Å². The molecule has 0 bridgehead atoms. The second kappa shape index (κ2) is 8.48. The van der Waals surface area contributed by atoms with Gasteiger partial charge < -0.3 is 15.3 Å². The highest BCUT2D eigenvalue weighted by molar-refractivity contribution is 4.68. The van der Waals surface area contributed by atoms with Gasteiger partial charge in [-0.25, -0.2) is 0 Å². The first-order chi connectivity index (χ1) is 6.29. The molecule has 3 N–H and O–H groups in total. The van der Waals surface area contributed by atoms with Gasteiger partial charge in [0.2, 0.25) is 0 Å². The summed E-state index contributed by atoms with van der Waals surface area (Å²) in [6, 6.07) is 0. The van der Waals surface area contributed by atoms with Crippen LogP contribution >= 0.6 is 0 Å². The van der Waals surface area contributed by atoms with E-state index >= 15 is 0 Å². The minimum atomic E-state index is 0.0570. The fourth-order valence-electron chi connectivity index (χ4n) is 1.58. The smallest absolute Gasteiger partial charge is 0.0463 e. The number of rotatable bonds is 8. The van der Waals surface area contributed by atoms with Gasteiger partial charge in [0.1, 0.15) is 0 Å². The topological polar surface area (TPSA) is 60.7 Å². The Bertz CT molecular complexity index is 106. The molecule has 80 valence electrons. The third-order valence-corrected chi connectivity index (χ3v) is 2.56. The number of hydrogen-bond acceptors (Lipinski definition) is 3. The van der Waals surface area contributed by atoms with Gasteiger partial charge in [-0.1, -0.05) is 19.8 Å². The Morgan fingerprint density at radius 3 is 1.85 bits per heavy atom. The van der Waals surface area contributed by atoms with Crippen molar-refractivity contribution in [2.75, 3.05) is 19.8 Å². The first-order valence-electron chi connectivity index (χ1n) is 5.12. The zero-order valence-corrected chi connectivity index (χ0v) is 8.45. The molecule has 3 heteroatoms. The minimum absolute atomic E-state index is 0.0570. The van der Waals surface area contributed by atoms with Crippen molar-refractivity contribution in [3.05, 3.63) is 0 Å². The van der Waals surface area contributed by atoms with Gasteiger partial charge in [0.15, 0.2) is 0 Å². The molecule has 13 heavy (non-hydrogen) atoms. The second-order valence-corrected chi connectivity index (χ2v) is 3.54. The molecule has 0 rings (SSSR count). The minimum Gasteiger partial charge on any atom is -0.396 e. The molecule has 0 spiro atoms. The Morgan fingerprint density at radius 2 is 1.46 bits per heavy atom. The van der Waals surface area contributed by atoms with E-state index in [1.807, 2.05) is 0 Å². The van der Waals surface area contributed by atoms with Crippen LogP contribution in [0.2, 0.25) is 0 Å². The lowest BCUT2D eigenvalue weighted by molar-refractivity contribution is 0.0921. The van der Waals surface area contributed by atoms with Crippen LogP contribution in [0.3, 0.4) is 0 Å². The normalized spacial score (nSPS) is 15.7. The summed E-state index contributed by atoms with van der Waals surface area (Å²) in [5.41, 5.74) is 0. The van der Waals surface area contributed by atoms with E-state index in [1.165, 1.54) is 0 Å². The molecule has 0 aromatic carbocycles. The van der Waals surface area contributed by atoms with Crippen LogP contribution in [-0.4, -0.2) is 35.1 Å². The number of aliphatic hydroxyl groups excluding tert-OH is 3. The summed E-state index contributed by atoms with van der Waals surface area (Å²) in [5, 5.41) is 26.9. The molecule has 0 aliphatic heterocycles. The van der Waals surface area contributed by atoms with Gasteiger partial charge in [0.25, 0.3) is 0 Å². The van der Waals surface area contributed by atoms with E-state index < -0.39 is 0 Å². The first-order valence-corrected chi connectivity index (χ1v) is 5.12. The molecule has 0 heterocycles. The Hall–Kier alpha value is -0.120. The van der Waals surface area contributed by atoms with E-state index in [0.717, 1.165) is 19.3 Å². The van der Waals surface area contributed by atoms with Crippen molar-refractivity contribution in [1.82, 2.24) is 0 Å². The van der Waals surface area contributed by atoms with Crippen LogP contribution < -0.4 is 0 Å². The van der Waals surface area contributed by atoms with E-state index in [2.05, 4.69) is 6.92 Å². The summed E-state index contributed by atoms with van der Waals surface area (Å²) in [5.74, 6) is 0.207. The number of unbranched alkanes of at least 4 members (excludes halogenated alkanes) is 1. The molecule has 0 aliphatic rings. The summed E-state index contributed by atoms with van der Waals surface area (Å²) < 4.78 is 0. The van der Waals surface area contributed by atoms with Gasteiger partial charge in [-0.2, -0.15) is 0 Å². The molecule has 3 nitrogen and oxygen atoms in total. The monoisotopic (exact) mass is 190 g/mol. The lowest BCUT2D eigenvalue weighted by Gasteiger charge is -2.22. The van der Waals surface area contributed by atoms with Gasteiger partial charge in [-0.15, -0.1) is 0 Å².